The smallest absolute Gasteiger partial charge is 0.303 e. The van der Waals surface area contributed by atoms with Gasteiger partial charge in [-0.1, -0.05) is 63.4 Å². The molecule has 52 heavy (non-hydrogen) atoms. The van der Waals surface area contributed by atoms with Crippen molar-refractivity contribution in [2.45, 2.75) is 122 Å². The summed E-state index contributed by atoms with van der Waals surface area (Å²) in [5.74, 6) is -2.98. The van der Waals surface area contributed by atoms with Crippen LogP contribution in [-0.4, -0.2) is 92.5 Å². The van der Waals surface area contributed by atoms with Crippen LogP contribution < -0.4 is 5.32 Å². The number of benzene rings is 1. The summed E-state index contributed by atoms with van der Waals surface area (Å²) in [6.45, 7) is 20.5. The number of rotatable bonds is 10. The highest BCUT2D eigenvalue weighted by molar-refractivity contribution is 5.94. The van der Waals surface area contributed by atoms with Crippen LogP contribution in [0.1, 0.15) is 79.8 Å². The van der Waals surface area contributed by atoms with Crippen molar-refractivity contribution in [3.05, 3.63) is 83.4 Å². The van der Waals surface area contributed by atoms with E-state index in [9.17, 15) is 30.0 Å². The SMILES string of the molecule is C=C(C)O[C@H]1C(=O)[C@@]2(C)C([C@H](O)[C@]3(O)C[C@H](OC(=C)C(O)C(NC(=O)/C(C)=C/C)c4ccccc4)C(C)=C1C3(C)C)[C@]1(OC(C)=O)COC1C[C@@H]2O. The lowest BCUT2D eigenvalue weighted by Crippen LogP contribution is -2.81. The molecule has 1 aromatic carbocycles. The number of hydrogen-bond donors (Lipinski definition) is 5. The summed E-state index contributed by atoms with van der Waals surface area (Å²) < 4.78 is 24.3. The Morgan fingerprint density at radius 1 is 1.08 bits per heavy atom. The lowest BCUT2D eigenvalue weighted by Gasteiger charge is -2.67. The van der Waals surface area contributed by atoms with Crippen molar-refractivity contribution in [1.29, 1.82) is 0 Å². The highest BCUT2D eigenvalue weighted by Crippen LogP contribution is 2.63. The predicted octanol–water partition coefficient (Wildman–Crippen LogP) is 3.50. The first-order valence-electron chi connectivity index (χ1n) is 17.7. The average molecular weight is 724 g/mol. The van der Waals surface area contributed by atoms with E-state index in [4.69, 9.17) is 18.9 Å². The molecule has 284 valence electrons. The number of ether oxygens (including phenoxy) is 4. The zero-order valence-electron chi connectivity index (χ0n) is 31.3. The largest absolute Gasteiger partial charge is 0.488 e. The minimum absolute atomic E-state index is 0.0610. The Kier molecular flexibility index (Phi) is 10.5. The van der Waals surface area contributed by atoms with Gasteiger partial charge in [0.15, 0.2) is 17.5 Å². The number of ketones is 1. The molecule has 5 N–H and O–H groups in total. The number of amides is 1. The summed E-state index contributed by atoms with van der Waals surface area (Å²) in [5, 5.41) is 51.9. The number of nitrogens with one attached hydrogen (secondary N) is 1. The molecule has 4 unspecified atom stereocenters. The normalized spacial score (nSPS) is 36.4. The maximum Gasteiger partial charge on any atom is 0.303 e. The van der Waals surface area contributed by atoms with Crippen molar-refractivity contribution in [2.75, 3.05) is 6.61 Å². The van der Waals surface area contributed by atoms with Gasteiger partial charge in [-0.3, -0.25) is 14.4 Å². The monoisotopic (exact) mass is 723 g/mol. The van der Waals surface area contributed by atoms with Crippen LogP contribution >= 0.6 is 0 Å². The first-order valence-corrected chi connectivity index (χ1v) is 17.7. The lowest BCUT2D eigenvalue weighted by molar-refractivity contribution is -0.346. The molecule has 1 amide bonds. The summed E-state index contributed by atoms with van der Waals surface area (Å²) in [7, 11) is 0. The van der Waals surface area contributed by atoms with Gasteiger partial charge in [0.25, 0.3) is 0 Å². The fourth-order valence-corrected chi connectivity index (χ4v) is 9.00. The number of allylic oxidation sites excluding steroid dienone is 2. The van der Waals surface area contributed by atoms with E-state index in [1.54, 1.807) is 78.0 Å². The Hall–Kier alpha value is -3.81. The molecule has 1 saturated heterocycles. The van der Waals surface area contributed by atoms with Crippen molar-refractivity contribution < 1.29 is 53.8 Å². The molecule has 0 spiro atoms. The van der Waals surface area contributed by atoms with Crippen molar-refractivity contribution in [1.82, 2.24) is 5.32 Å². The van der Waals surface area contributed by atoms with Gasteiger partial charge in [-0.2, -0.15) is 0 Å². The fourth-order valence-electron chi connectivity index (χ4n) is 9.00. The van der Waals surface area contributed by atoms with Crippen LogP contribution in [0.15, 0.2) is 77.8 Å². The summed E-state index contributed by atoms with van der Waals surface area (Å²) in [6.07, 6.45) is -6.64. The van der Waals surface area contributed by atoms with Crippen LogP contribution in [0.25, 0.3) is 0 Å². The van der Waals surface area contributed by atoms with Crippen molar-refractivity contribution in [2.24, 2.45) is 16.7 Å². The summed E-state index contributed by atoms with van der Waals surface area (Å²) in [5.41, 5.74) is -5.02. The number of carbonyl (C=O) groups excluding carboxylic acids is 3. The summed E-state index contributed by atoms with van der Waals surface area (Å²) in [6, 6.07) is 7.86. The third-order valence-corrected chi connectivity index (χ3v) is 12.2. The van der Waals surface area contributed by atoms with Crippen LogP contribution in [0.2, 0.25) is 0 Å². The van der Waals surface area contributed by atoms with Crippen molar-refractivity contribution in [3.8, 4) is 0 Å². The van der Waals surface area contributed by atoms with Gasteiger partial charge in [-0.05, 0) is 51.3 Å². The van der Waals surface area contributed by atoms with Crippen molar-refractivity contribution in [3.63, 3.8) is 0 Å². The quantitative estimate of drug-likeness (QED) is 0.103. The van der Waals surface area contributed by atoms with E-state index >= 15 is 4.79 Å². The molecule has 3 fully saturated rings. The number of esters is 1. The Bertz CT molecular complexity index is 1700. The fraction of sp³-hybridized carbons (Fsp3) is 0.575. The number of carbonyl (C=O) groups is 3. The van der Waals surface area contributed by atoms with Gasteiger partial charge in [-0.25, -0.2) is 0 Å². The van der Waals surface area contributed by atoms with Gasteiger partial charge in [0.05, 0.1) is 36.0 Å². The van der Waals surface area contributed by atoms with Crippen LogP contribution in [0.5, 0.6) is 0 Å². The molecule has 1 aliphatic heterocycles. The second-order valence-electron chi connectivity index (χ2n) is 15.6. The van der Waals surface area contributed by atoms with Crippen molar-refractivity contribution >= 4 is 17.7 Å². The molecule has 11 atom stereocenters. The molecular weight excluding hydrogens is 670 g/mol. The molecule has 1 aromatic rings. The number of aliphatic hydroxyl groups is 4. The Labute approximate surface area is 305 Å². The molecule has 2 bridgehead atoms. The molecule has 5 rings (SSSR count). The third kappa shape index (κ3) is 6.02. The number of hydrogen-bond acceptors (Lipinski definition) is 11. The van der Waals surface area contributed by atoms with E-state index in [-0.39, 0.29) is 31.0 Å². The van der Waals surface area contributed by atoms with E-state index in [1.165, 1.54) is 13.8 Å². The predicted molar refractivity (Wildman–Crippen MR) is 190 cm³/mol. The summed E-state index contributed by atoms with van der Waals surface area (Å²) in [4.78, 5) is 40.7. The summed E-state index contributed by atoms with van der Waals surface area (Å²) >= 11 is 0. The van der Waals surface area contributed by atoms with Crippen LogP contribution in [0.3, 0.4) is 0 Å². The Balaban J connectivity index is 1.64. The lowest BCUT2D eigenvalue weighted by atomic mass is 9.44. The second kappa shape index (κ2) is 13.9. The van der Waals surface area contributed by atoms with Gasteiger partial charge in [-0.15, -0.1) is 0 Å². The van der Waals surface area contributed by atoms with E-state index in [0.717, 1.165) is 0 Å². The van der Waals surface area contributed by atoms with Gasteiger partial charge < -0.3 is 44.7 Å². The molecule has 1 heterocycles. The molecule has 0 aromatic heterocycles. The number of Topliss-reactive ketones (excluding diaryl/α,β-unsaturated/α-hetero) is 1. The molecule has 12 heteroatoms. The third-order valence-electron chi connectivity index (χ3n) is 12.2. The van der Waals surface area contributed by atoms with Gasteiger partial charge in [0.2, 0.25) is 5.91 Å². The first kappa shape index (κ1) is 39.4. The van der Waals surface area contributed by atoms with E-state index < -0.39 is 88.3 Å². The zero-order chi connectivity index (χ0) is 38.7. The Morgan fingerprint density at radius 3 is 2.25 bits per heavy atom. The van der Waals surface area contributed by atoms with E-state index in [0.29, 0.717) is 22.3 Å². The highest BCUT2D eigenvalue weighted by Gasteiger charge is 2.77. The highest BCUT2D eigenvalue weighted by atomic mass is 16.6. The van der Waals surface area contributed by atoms with Gasteiger partial charge in [0, 0.05) is 36.7 Å². The minimum Gasteiger partial charge on any atom is -0.488 e. The number of aliphatic hydroxyl groups excluding tert-OH is 3. The zero-order valence-corrected chi connectivity index (χ0v) is 31.3. The van der Waals surface area contributed by atoms with Crippen LogP contribution in [0.4, 0.5) is 0 Å². The molecule has 3 aliphatic carbocycles. The number of fused-ring (bicyclic) bond motifs is 5. The van der Waals surface area contributed by atoms with Crippen LogP contribution in [-0.2, 0) is 33.3 Å². The molecule has 2 saturated carbocycles. The molecule has 4 aliphatic rings. The maximum atomic E-state index is 15.1. The van der Waals surface area contributed by atoms with E-state index in [1.807, 2.05) is 0 Å². The minimum atomic E-state index is -2.11. The standard InChI is InChI=1S/C40H53NO11/c1-11-21(4)36(47)41-30(25-15-13-12-14-16-25)31(44)23(6)51-26-18-40(48)35(46)33-38(10,27(43)17-28-39(33,19-49-28)52-24(7)42)34(45)32(50-20(2)3)29(22(26)5)37(40,8)9/h11-16,26-28,30-33,35,43-44,46,48H,2,6,17-19H2,1,3-5,7-10H3,(H,41,47)/b21-11+/t26-,27-,28?,30?,31?,32+,33?,35-,38+,39-,40+/m0/s1. The molecular formula is C40H53NO11. The second-order valence-corrected chi connectivity index (χ2v) is 15.6. The van der Waals surface area contributed by atoms with E-state index in [2.05, 4.69) is 18.5 Å². The average Bonchev–Trinajstić information content (AvgIpc) is 3.08. The Morgan fingerprint density at radius 2 is 1.71 bits per heavy atom. The topological polar surface area (TPSA) is 181 Å². The van der Waals surface area contributed by atoms with Gasteiger partial charge in [0.1, 0.15) is 29.7 Å². The molecule has 12 nitrogen and oxygen atoms in total. The first-order chi connectivity index (χ1) is 24.2. The maximum absolute atomic E-state index is 15.1. The van der Waals surface area contributed by atoms with Gasteiger partial charge >= 0.3 is 5.97 Å². The van der Waals surface area contributed by atoms with Crippen LogP contribution in [0, 0.1) is 16.7 Å². The molecule has 0 radical (unpaired) electrons.